The second-order valence-corrected chi connectivity index (χ2v) is 4.95. The number of rotatable bonds is 10. The number of ether oxygens (including phenoxy) is 1. The fourth-order valence-corrected chi connectivity index (χ4v) is 2.17. The molecule has 0 saturated heterocycles. The molecule has 0 aliphatic rings. The lowest BCUT2D eigenvalue weighted by molar-refractivity contribution is 0.117. The van der Waals surface area contributed by atoms with Crippen molar-refractivity contribution in [2.24, 2.45) is 0 Å². The predicted molar refractivity (Wildman–Crippen MR) is 83.4 cm³/mol. The van der Waals surface area contributed by atoms with E-state index >= 15 is 0 Å². The van der Waals surface area contributed by atoms with Gasteiger partial charge in [0.15, 0.2) is 0 Å². The highest BCUT2D eigenvalue weighted by molar-refractivity contribution is 5.28. The standard InChI is InChI=1S/C16H28N2O2/c1-4-18(5-2)13-15(19)12-17-10-9-14-7-6-8-16(11-14)20-3/h6-8,11,15,17,19H,4-5,9-10,12-13H2,1-3H3. The van der Waals surface area contributed by atoms with Crippen LogP contribution in [0.4, 0.5) is 0 Å². The molecule has 0 heterocycles. The maximum atomic E-state index is 9.94. The lowest BCUT2D eigenvalue weighted by Crippen LogP contribution is -2.38. The zero-order chi connectivity index (χ0) is 14.8. The van der Waals surface area contributed by atoms with Crippen LogP contribution in [0.25, 0.3) is 0 Å². The first-order valence-electron chi connectivity index (χ1n) is 7.43. The smallest absolute Gasteiger partial charge is 0.119 e. The number of aliphatic hydroxyl groups is 1. The van der Waals surface area contributed by atoms with Crippen molar-refractivity contribution < 1.29 is 9.84 Å². The van der Waals surface area contributed by atoms with E-state index in [1.54, 1.807) is 7.11 Å². The van der Waals surface area contributed by atoms with Gasteiger partial charge in [-0.25, -0.2) is 0 Å². The number of aliphatic hydroxyl groups excluding tert-OH is 1. The average Bonchev–Trinajstić information content (AvgIpc) is 2.49. The minimum atomic E-state index is -0.305. The molecule has 1 aromatic rings. The Morgan fingerprint density at radius 3 is 2.70 bits per heavy atom. The minimum absolute atomic E-state index is 0.305. The first kappa shape index (κ1) is 17.0. The van der Waals surface area contributed by atoms with E-state index in [1.165, 1.54) is 5.56 Å². The molecular weight excluding hydrogens is 252 g/mol. The summed E-state index contributed by atoms with van der Waals surface area (Å²) in [6, 6.07) is 8.10. The molecule has 4 nitrogen and oxygen atoms in total. The molecule has 4 heteroatoms. The largest absolute Gasteiger partial charge is 0.497 e. The summed E-state index contributed by atoms with van der Waals surface area (Å²) in [6.45, 7) is 8.44. The van der Waals surface area contributed by atoms with E-state index in [9.17, 15) is 5.11 Å². The summed E-state index contributed by atoms with van der Waals surface area (Å²) in [7, 11) is 1.68. The second kappa shape index (κ2) is 9.75. The SMILES string of the molecule is CCN(CC)CC(O)CNCCc1cccc(OC)c1. The summed E-state index contributed by atoms with van der Waals surface area (Å²) in [5, 5.41) is 13.2. The van der Waals surface area contributed by atoms with Crippen molar-refractivity contribution in [3.63, 3.8) is 0 Å². The van der Waals surface area contributed by atoms with Gasteiger partial charge in [0.1, 0.15) is 5.75 Å². The van der Waals surface area contributed by atoms with Gasteiger partial charge in [0.05, 0.1) is 13.2 Å². The molecule has 1 unspecified atom stereocenters. The fourth-order valence-electron chi connectivity index (χ4n) is 2.17. The summed E-state index contributed by atoms with van der Waals surface area (Å²) in [5.41, 5.74) is 1.25. The molecule has 1 atom stereocenters. The van der Waals surface area contributed by atoms with Crippen LogP contribution < -0.4 is 10.1 Å². The number of nitrogens with one attached hydrogen (secondary N) is 1. The molecule has 0 saturated carbocycles. The van der Waals surface area contributed by atoms with Crippen LogP contribution in [0, 0.1) is 0 Å². The molecule has 0 amide bonds. The Bertz CT molecular complexity index is 367. The topological polar surface area (TPSA) is 44.7 Å². The third-order valence-corrected chi connectivity index (χ3v) is 3.47. The number of benzene rings is 1. The highest BCUT2D eigenvalue weighted by Crippen LogP contribution is 2.12. The van der Waals surface area contributed by atoms with Crippen molar-refractivity contribution >= 4 is 0 Å². The molecular formula is C16H28N2O2. The molecule has 20 heavy (non-hydrogen) atoms. The van der Waals surface area contributed by atoms with Crippen LogP contribution in [-0.4, -0.2) is 55.9 Å². The van der Waals surface area contributed by atoms with Crippen molar-refractivity contribution in [3.05, 3.63) is 29.8 Å². The van der Waals surface area contributed by atoms with Gasteiger partial charge in [0.2, 0.25) is 0 Å². The number of nitrogens with zero attached hydrogens (tertiary/aromatic N) is 1. The number of hydrogen-bond donors (Lipinski definition) is 2. The molecule has 1 aromatic carbocycles. The minimum Gasteiger partial charge on any atom is -0.497 e. The van der Waals surface area contributed by atoms with Gasteiger partial charge in [-0.05, 0) is 43.8 Å². The number of methoxy groups -OCH3 is 1. The molecule has 0 spiro atoms. The van der Waals surface area contributed by atoms with Crippen molar-refractivity contribution in [2.45, 2.75) is 26.4 Å². The third-order valence-electron chi connectivity index (χ3n) is 3.47. The van der Waals surface area contributed by atoms with Crippen molar-refractivity contribution in [1.82, 2.24) is 10.2 Å². The van der Waals surface area contributed by atoms with Crippen LogP contribution in [0.3, 0.4) is 0 Å². The van der Waals surface area contributed by atoms with Gasteiger partial charge in [0.25, 0.3) is 0 Å². The Balaban J connectivity index is 2.20. The van der Waals surface area contributed by atoms with Gasteiger partial charge in [-0.3, -0.25) is 0 Å². The van der Waals surface area contributed by atoms with Gasteiger partial charge in [0, 0.05) is 13.1 Å². The molecule has 0 bridgehead atoms. The van der Waals surface area contributed by atoms with Crippen LogP contribution in [0.1, 0.15) is 19.4 Å². The van der Waals surface area contributed by atoms with E-state index in [-0.39, 0.29) is 6.10 Å². The summed E-state index contributed by atoms with van der Waals surface area (Å²) in [5.74, 6) is 0.893. The monoisotopic (exact) mass is 280 g/mol. The van der Waals surface area contributed by atoms with Crippen molar-refractivity contribution in [1.29, 1.82) is 0 Å². The van der Waals surface area contributed by atoms with Gasteiger partial charge in [-0.2, -0.15) is 0 Å². The van der Waals surface area contributed by atoms with Crippen LogP contribution in [0.2, 0.25) is 0 Å². The van der Waals surface area contributed by atoms with E-state index in [2.05, 4.69) is 30.1 Å². The molecule has 2 N–H and O–H groups in total. The summed E-state index contributed by atoms with van der Waals surface area (Å²) in [4.78, 5) is 2.23. The van der Waals surface area contributed by atoms with Gasteiger partial charge in [-0.15, -0.1) is 0 Å². The molecule has 1 rings (SSSR count). The summed E-state index contributed by atoms with van der Waals surface area (Å²) < 4.78 is 5.20. The van der Waals surface area contributed by atoms with E-state index in [0.717, 1.165) is 38.3 Å². The molecule has 0 radical (unpaired) electrons. The Hall–Kier alpha value is -1.10. The number of hydrogen-bond acceptors (Lipinski definition) is 4. The van der Waals surface area contributed by atoms with Crippen molar-refractivity contribution in [2.75, 3.05) is 39.8 Å². The Labute approximate surface area is 122 Å². The Kier molecular flexibility index (Phi) is 8.26. The molecule has 114 valence electrons. The fraction of sp³-hybridized carbons (Fsp3) is 0.625. The zero-order valence-electron chi connectivity index (χ0n) is 12.9. The normalized spacial score (nSPS) is 12.7. The molecule has 0 aliphatic carbocycles. The first-order chi connectivity index (χ1) is 9.69. The van der Waals surface area contributed by atoms with E-state index < -0.39 is 0 Å². The zero-order valence-corrected chi connectivity index (χ0v) is 12.9. The second-order valence-electron chi connectivity index (χ2n) is 4.95. The number of likely N-dealkylation sites (N-methyl/N-ethyl adjacent to an activating group) is 1. The molecule has 0 fully saturated rings. The molecule has 0 aliphatic heterocycles. The van der Waals surface area contributed by atoms with Crippen LogP contribution in [-0.2, 0) is 6.42 Å². The summed E-state index contributed by atoms with van der Waals surface area (Å²) >= 11 is 0. The quantitative estimate of drug-likeness (QED) is 0.638. The lowest BCUT2D eigenvalue weighted by atomic mass is 10.1. The summed E-state index contributed by atoms with van der Waals surface area (Å²) in [6.07, 6.45) is 0.634. The highest BCUT2D eigenvalue weighted by atomic mass is 16.5. The van der Waals surface area contributed by atoms with E-state index in [1.807, 2.05) is 18.2 Å². The van der Waals surface area contributed by atoms with Crippen LogP contribution in [0.15, 0.2) is 24.3 Å². The van der Waals surface area contributed by atoms with E-state index in [0.29, 0.717) is 6.54 Å². The van der Waals surface area contributed by atoms with Crippen LogP contribution >= 0.6 is 0 Å². The van der Waals surface area contributed by atoms with Gasteiger partial charge in [-0.1, -0.05) is 26.0 Å². The highest BCUT2D eigenvalue weighted by Gasteiger charge is 2.08. The van der Waals surface area contributed by atoms with Crippen molar-refractivity contribution in [3.8, 4) is 5.75 Å². The van der Waals surface area contributed by atoms with E-state index in [4.69, 9.17) is 4.74 Å². The lowest BCUT2D eigenvalue weighted by Gasteiger charge is -2.22. The van der Waals surface area contributed by atoms with Crippen LogP contribution in [0.5, 0.6) is 5.75 Å². The maximum absolute atomic E-state index is 9.94. The average molecular weight is 280 g/mol. The predicted octanol–water partition coefficient (Wildman–Crippen LogP) is 1.53. The van der Waals surface area contributed by atoms with Gasteiger partial charge >= 0.3 is 0 Å². The Morgan fingerprint density at radius 2 is 2.05 bits per heavy atom. The molecule has 0 aromatic heterocycles. The third kappa shape index (κ3) is 6.37. The first-order valence-corrected chi connectivity index (χ1v) is 7.43. The Morgan fingerprint density at radius 1 is 1.30 bits per heavy atom. The van der Waals surface area contributed by atoms with Gasteiger partial charge < -0.3 is 20.1 Å². The maximum Gasteiger partial charge on any atom is 0.119 e.